The van der Waals surface area contributed by atoms with E-state index in [0.29, 0.717) is 6.21 Å². The predicted molar refractivity (Wildman–Crippen MR) is 75.8 cm³/mol. The van der Waals surface area contributed by atoms with Crippen LogP contribution in [0.2, 0.25) is 10.0 Å². The van der Waals surface area contributed by atoms with Crippen molar-refractivity contribution in [2.45, 2.75) is 6.18 Å². The molecule has 0 aliphatic heterocycles. The second-order valence-electron chi connectivity index (χ2n) is 4.05. The molecule has 1 heterocycles. The highest BCUT2D eigenvalue weighted by Crippen LogP contribution is 2.35. The largest absolute Gasteiger partial charge is 0.449 e. The second kappa shape index (κ2) is 6.47. The van der Waals surface area contributed by atoms with Crippen LogP contribution in [0.4, 0.5) is 13.2 Å². The molecule has 0 fully saturated rings. The third-order valence-corrected chi connectivity index (χ3v) is 3.19. The average molecular weight is 368 g/mol. The molecule has 0 aliphatic rings. The number of oxime groups is 1. The first-order chi connectivity index (χ1) is 10.7. The van der Waals surface area contributed by atoms with Gasteiger partial charge in [-0.15, -0.1) is 0 Å². The van der Waals surface area contributed by atoms with Crippen molar-refractivity contribution in [1.82, 2.24) is 9.97 Å². The van der Waals surface area contributed by atoms with Crippen LogP contribution in [0.25, 0.3) is 0 Å². The van der Waals surface area contributed by atoms with E-state index in [2.05, 4.69) is 10.1 Å². The maximum atomic E-state index is 13.0. The lowest BCUT2D eigenvalue weighted by Crippen LogP contribution is -2.21. The number of aromatic nitrogens is 2. The molecule has 2 N–H and O–H groups in total. The van der Waals surface area contributed by atoms with Gasteiger partial charge in [-0.1, -0.05) is 28.4 Å². The minimum absolute atomic E-state index is 0.0335. The Morgan fingerprint density at radius 2 is 2.00 bits per heavy atom. The van der Waals surface area contributed by atoms with Crippen LogP contribution < -0.4 is 10.3 Å². The summed E-state index contributed by atoms with van der Waals surface area (Å²) < 4.78 is 44.1. The summed E-state index contributed by atoms with van der Waals surface area (Å²) in [7, 11) is 0. The van der Waals surface area contributed by atoms with Gasteiger partial charge >= 0.3 is 6.18 Å². The van der Waals surface area contributed by atoms with Gasteiger partial charge in [-0.05, 0) is 12.1 Å². The van der Waals surface area contributed by atoms with Crippen molar-refractivity contribution in [2.24, 2.45) is 5.16 Å². The molecule has 0 unspecified atom stereocenters. The van der Waals surface area contributed by atoms with Gasteiger partial charge in [0.05, 0.1) is 10.0 Å². The third-order valence-electron chi connectivity index (χ3n) is 2.45. The number of nitrogens with one attached hydrogen (secondary N) is 1. The minimum atomic E-state index is -4.97. The molecule has 1 aromatic carbocycles. The maximum Gasteiger partial charge on any atom is 0.437 e. The van der Waals surface area contributed by atoms with Crippen LogP contribution in [0.1, 0.15) is 11.5 Å². The number of aromatic amines is 1. The topological polar surface area (TPSA) is 87.6 Å². The van der Waals surface area contributed by atoms with Crippen LogP contribution in [-0.2, 0) is 6.18 Å². The summed E-state index contributed by atoms with van der Waals surface area (Å²) in [5.41, 5.74) is -2.80. The molecular formula is C12H6Cl2F3N3O3. The van der Waals surface area contributed by atoms with Crippen LogP contribution in [-0.4, -0.2) is 21.4 Å². The van der Waals surface area contributed by atoms with Crippen LogP contribution in [0.5, 0.6) is 11.5 Å². The van der Waals surface area contributed by atoms with Gasteiger partial charge in [-0.3, -0.25) is 4.79 Å². The molecule has 122 valence electrons. The summed E-state index contributed by atoms with van der Waals surface area (Å²) in [6.07, 6.45) is -4.43. The molecule has 0 atom stereocenters. The smallest absolute Gasteiger partial charge is 0.437 e. The summed E-state index contributed by atoms with van der Waals surface area (Å²) in [4.78, 5) is 16.9. The van der Waals surface area contributed by atoms with E-state index >= 15 is 0 Å². The minimum Gasteiger partial charge on any atom is -0.449 e. The van der Waals surface area contributed by atoms with E-state index in [1.165, 1.54) is 12.1 Å². The molecule has 2 aromatic rings. The Balaban J connectivity index is 2.56. The number of benzene rings is 1. The summed E-state index contributed by atoms with van der Waals surface area (Å²) in [5, 5.41) is 11.0. The Morgan fingerprint density at radius 1 is 1.30 bits per heavy atom. The Labute approximate surface area is 136 Å². The van der Waals surface area contributed by atoms with Gasteiger partial charge in [-0.2, -0.15) is 13.2 Å². The Kier molecular flexibility index (Phi) is 4.81. The van der Waals surface area contributed by atoms with E-state index in [-0.39, 0.29) is 15.8 Å². The van der Waals surface area contributed by atoms with Gasteiger partial charge in [-0.25, -0.2) is 4.98 Å². The molecular weight excluding hydrogens is 362 g/mol. The molecule has 0 bridgehead atoms. The van der Waals surface area contributed by atoms with E-state index in [1.807, 2.05) is 4.98 Å². The van der Waals surface area contributed by atoms with Crippen molar-refractivity contribution >= 4 is 29.4 Å². The number of H-pyrrole nitrogens is 1. The lowest BCUT2D eigenvalue weighted by atomic mass is 10.3. The van der Waals surface area contributed by atoms with Crippen LogP contribution in [0, 0.1) is 0 Å². The highest BCUT2D eigenvalue weighted by molar-refractivity contribution is 6.42. The lowest BCUT2D eigenvalue weighted by molar-refractivity contribution is -0.142. The Morgan fingerprint density at radius 3 is 2.57 bits per heavy atom. The van der Waals surface area contributed by atoms with E-state index in [1.54, 1.807) is 0 Å². The average Bonchev–Trinajstić information content (AvgIpc) is 2.44. The van der Waals surface area contributed by atoms with Gasteiger partial charge in [0.2, 0.25) is 5.75 Å². The number of ether oxygens (including phenoxy) is 1. The number of hydrogen-bond acceptors (Lipinski definition) is 5. The first kappa shape index (κ1) is 17.1. The fourth-order valence-corrected chi connectivity index (χ4v) is 1.83. The summed E-state index contributed by atoms with van der Waals surface area (Å²) >= 11 is 11.4. The first-order valence-electron chi connectivity index (χ1n) is 5.74. The zero-order valence-electron chi connectivity index (χ0n) is 10.9. The zero-order valence-corrected chi connectivity index (χ0v) is 12.4. The number of halogens is 5. The summed E-state index contributed by atoms with van der Waals surface area (Å²) in [6.45, 7) is 0. The molecule has 6 nitrogen and oxygen atoms in total. The van der Waals surface area contributed by atoms with Crippen molar-refractivity contribution in [3.63, 3.8) is 0 Å². The first-order valence-corrected chi connectivity index (χ1v) is 6.50. The van der Waals surface area contributed by atoms with Crippen molar-refractivity contribution in [1.29, 1.82) is 0 Å². The fraction of sp³-hybridized carbons (Fsp3) is 0.0833. The molecule has 0 saturated carbocycles. The molecule has 1 aromatic heterocycles. The van der Waals surface area contributed by atoms with Gasteiger partial charge in [0.15, 0.2) is 11.5 Å². The molecule has 0 spiro atoms. The van der Waals surface area contributed by atoms with Crippen LogP contribution in [0.15, 0.2) is 28.1 Å². The van der Waals surface area contributed by atoms with E-state index in [9.17, 15) is 18.0 Å². The quantitative estimate of drug-likeness (QED) is 0.491. The standard InChI is InChI=1S/C12H6Cl2F3N3O3/c13-6-2-1-5(3-7(6)14)23-9-10(12(15,16)17)19-8(4-18-22)20-11(9)21/h1-4,22H,(H,19,20,21)/b18-4+. The predicted octanol–water partition coefficient (Wildman–Crippen LogP) is 3.70. The summed E-state index contributed by atoms with van der Waals surface area (Å²) in [5.74, 6) is -1.81. The lowest BCUT2D eigenvalue weighted by Gasteiger charge is -2.12. The zero-order chi connectivity index (χ0) is 17.2. The molecule has 2 rings (SSSR count). The fourth-order valence-electron chi connectivity index (χ4n) is 1.54. The second-order valence-corrected chi connectivity index (χ2v) is 4.86. The normalized spacial score (nSPS) is 11.9. The molecule has 0 aliphatic carbocycles. The van der Waals surface area contributed by atoms with Gasteiger partial charge < -0.3 is 14.9 Å². The van der Waals surface area contributed by atoms with Gasteiger partial charge in [0.1, 0.15) is 12.0 Å². The van der Waals surface area contributed by atoms with Crippen LogP contribution in [0.3, 0.4) is 0 Å². The number of alkyl halides is 3. The highest BCUT2D eigenvalue weighted by Gasteiger charge is 2.39. The SMILES string of the molecule is O=c1[nH]c(/C=N/O)nc(C(F)(F)F)c1Oc1ccc(Cl)c(Cl)c1. The molecule has 23 heavy (non-hydrogen) atoms. The third kappa shape index (κ3) is 3.93. The highest BCUT2D eigenvalue weighted by atomic mass is 35.5. The molecule has 0 radical (unpaired) electrons. The van der Waals surface area contributed by atoms with Gasteiger partial charge in [0, 0.05) is 6.07 Å². The van der Waals surface area contributed by atoms with Crippen molar-refractivity contribution < 1.29 is 23.1 Å². The Hall–Kier alpha value is -2.26. The number of hydrogen-bond donors (Lipinski definition) is 2. The van der Waals surface area contributed by atoms with Crippen LogP contribution >= 0.6 is 23.2 Å². The van der Waals surface area contributed by atoms with Gasteiger partial charge in [0.25, 0.3) is 5.56 Å². The monoisotopic (exact) mass is 367 g/mol. The summed E-state index contributed by atoms with van der Waals surface area (Å²) in [6, 6.07) is 3.67. The maximum absolute atomic E-state index is 13.0. The van der Waals surface area contributed by atoms with E-state index in [0.717, 1.165) is 6.07 Å². The molecule has 0 saturated heterocycles. The molecule has 11 heteroatoms. The molecule has 0 amide bonds. The van der Waals surface area contributed by atoms with Crippen molar-refractivity contribution in [3.05, 3.63) is 50.1 Å². The van der Waals surface area contributed by atoms with E-state index in [4.69, 9.17) is 33.1 Å². The van der Waals surface area contributed by atoms with Crippen molar-refractivity contribution in [3.8, 4) is 11.5 Å². The van der Waals surface area contributed by atoms with Crippen molar-refractivity contribution in [2.75, 3.05) is 0 Å². The Bertz CT molecular complexity index is 821. The number of rotatable bonds is 3. The number of nitrogens with zero attached hydrogens (tertiary/aromatic N) is 2. The van der Waals surface area contributed by atoms with E-state index < -0.39 is 29.0 Å².